The second kappa shape index (κ2) is 5.66. The first-order chi connectivity index (χ1) is 9.49. The van der Waals surface area contributed by atoms with Gasteiger partial charge in [0.25, 0.3) is 0 Å². The summed E-state index contributed by atoms with van der Waals surface area (Å²) in [5, 5.41) is 16.6. The van der Waals surface area contributed by atoms with Gasteiger partial charge in [-0.05, 0) is 44.0 Å². The Labute approximate surface area is 126 Å². The highest BCUT2D eigenvalue weighted by molar-refractivity contribution is 9.10. The number of nitrogens with two attached hydrogens (primary N) is 1. The molecule has 1 aromatic carbocycles. The lowest BCUT2D eigenvalue weighted by Crippen LogP contribution is -2.17. The van der Waals surface area contributed by atoms with Crippen molar-refractivity contribution in [2.75, 3.05) is 0 Å². The highest BCUT2D eigenvalue weighted by atomic mass is 79.9. The third-order valence-corrected chi connectivity index (χ3v) is 3.86. The molecule has 1 aromatic heterocycles. The predicted molar refractivity (Wildman–Crippen MR) is 82.6 cm³/mol. The molecule has 0 aliphatic carbocycles. The van der Waals surface area contributed by atoms with Gasteiger partial charge in [-0.15, -0.1) is 0 Å². The number of aromatic nitrogens is 2. The normalized spacial score (nSPS) is 11.9. The third kappa shape index (κ3) is 2.43. The maximum Gasteiger partial charge on any atom is 0.172 e. The number of amidine groups is 1. The second-order valence-electron chi connectivity index (χ2n) is 4.56. The monoisotopic (exact) mass is 336 g/mol. The molecular formula is C14H17BrN4O. The van der Waals surface area contributed by atoms with Crippen LogP contribution in [0.3, 0.4) is 0 Å². The SMILES string of the molecule is CCc1c(C)nn(-c2ccc(Br)cc2/C(N)=N/O)c1C. The Morgan fingerprint density at radius 2 is 2.15 bits per heavy atom. The smallest absolute Gasteiger partial charge is 0.172 e. The minimum absolute atomic E-state index is 0.0619. The van der Waals surface area contributed by atoms with Crippen LogP contribution < -0.4 is 5.73 Å². The fourth-order valence-corrected chi connectivity index (χ4v) is 2.73. The highest BCUT2D eigenvalue weighted by Crippen LogP contribution is 2.24. The first-order valence-corrected chi connectivity index (χ1v) is 7.11. The van der Waals surface area contributed by atoms with Crippen molar-refractivity contribution in [3.8, 4) is 5.69 Å². The van der Waals surface area contributed by atoms with Gasteiger partial charge in [0, 0.05) is 15.7 Å². The van der Waals surface area contributed by atoms with Gasteiger partial charge < -0.3 is 10.9 Å². The lowest BCUT2D eigenvalue weighted by atomic mass is 10.1. The van der Waals surface area contributed by atoms with Crippen LogP contribution >= 0.6 is 15.9 Å². The first-order valence-electron chi connectivity index (χ1n) is 6.32. The van der Waals surface area contributed by atoms with E-state index in [2.05, 4.69) is 33.1 Å². The Kier molecular flexibility index (Phi) is 4.13. The van der Waals surface area contributed by atoms with Crippen molar-refractivity contribution in [1.82, 2.24) is 9.78 Å². The number of hydrogen-bond donors (Lipinski definition) is 2. The fourth-order valence-electron chi connectivity index (χ4n) is 2.37. The summed E-state index contributed by atoms with van der Waals surface area (Å²) in [4.78, 5) is 0. The van der Waals surface area contributed by atoms with Crippen molar-refractivity contribution in [2.24, 2.45) is 10.9 Å². The summed E-state index contributed by atoms with van der Waals surface area (Å²) in [7, 11) is 0. The van der Waals surface area contributed by atoms with Gasteiger partial charge in [-0.1, -0.05) is 28.0 Å². The number of oxime groups is 1. The van der Waals surface area contributed by atoms with Crippen LogP contribution in [0.2, 0.25) is 0 Å². The van der Waals surface area contributed by atoms with Crippen molar-refractivity contribution in [2.45, 2.75) is 27.2 Å². The summed E-state index contributed by atoms with van der Waals surface area (Å²) in [6.45, 7) is 6.12. The Hall–Kier alpha value is -1.82. The summed E-state index contributed by atoms with van der Waals surface area (Å²) in [5.74, 6) is 0.0619. The zero-order chi connectivity index (χ0) is 14.9. The van der Waals surface area contributed by atoms with Gasteiger partial charge in [-0.3, -0.25) is 0 Å². The topological polar surface area (TPSA) is 76.4 Å². The Bertz CT molecular complexity index is 676. The molecule has 0 fully saturated rings. The van der Waals surface area contributed by atoms with Gasteiger partial charge in [0.2, 0.25) is 0 Å². The summed E-state index contributed by atoms with van der Waals surface area (Å²) in [6.07, 6.45) is 0.924. The van der Waals surface area contributed by atoms with E-state index in [1.807, 2.05) is 36.7 Å². The molecule has 2 rings (SSSR count). The first kappa shape index (κ1) is 14.6. The zero-order valence-electron chi connectivity index (χ0n) is 11.7. The van der Waals surface area contributed by atoms with Gasteiger partial charge in [0.15, 0.2) is 5.84 Å². The molecular weight excluding hydrogens is 320 g/mol. The maximum absolute atomic E-state index is 8.94. The molecule has 0 aliphatic rings. The zero-order valence-corrected chi connectivity index (χ0v) is 13.3. The maximum atomic E-state index is 8.94. The van der Waals surface area contributed by atoms with Crippen LogP contribution in [0.5, 0.6) is 0 Å². The molecule has 0 spiro atoms. The molecule has 6 heteroatoms. The average molecular weight is 337 g/mol. The number of rotatable bonds is 3. The molecule has 0 unspecified atom stereocenters. The van der Waals surface area contributed by atoms with Gasteiger partial charge in [-0.2, -0.15) is 5.10 Å². The molecule has 5 nitrogen and oxygen atoms in total. The van der Waals surface area contributed by atoms with Gasteiger partial charge >= 0.3 is 0 Å². The van der Waals surface area contributed by atoms with Crippen molar-refractivity contribution in [1.29, 1.82) is 0 Å². The molecule has 2 aromatic rings. The van der Waals surface area contributed by atoms with E-state index in [1.165, 1.54) is 5.56 Å². The van der Waals surface area contributed by atoms with Crippen LogP contribution in [0, 0.1) is 13.8 Å². The van der Waals surface area contributed by atoms with E-state index in [1.54, 1.807) is 0 Å². The van der Waals surface area contributed by atoms with Crippen LogP contribution in [0.15, 0.2) is 27.8 Å². The van der Waals surface area contributed by atoms with E-state index in [-0.39, 0.29) is 5.84 Å². The number of hydrogen-bond acceptors (Lipinski definition) is 3. The predicted octanol–water partition coefficient (Wildman–Crippen LogP) is 2.91. The molecule has 20 heavy (non-hydrogen) atoms. The molecule has 0 radical (unpaired) electrons. The molecule has 0 saturated heterocycles. The Morgan fingerprint density at radius 3 is 2.70 bits per heavy atom. The highest BCUT2D eigenvalue weighted by Gasteiger charge is 2.16. The van der Waals surface area contributed by atoms with E-state index in [0.717, 1.165) is 28.0 Å². The quantitative estimate of drug-likeness (QED) is 0.391. The van der Waals surface area contributed by atoms with Crippen LogP contribution in [0.25, 0.3) is 5.69 Å². The summed E-state index contributed by atoms with van der Waals surface area (Å²) >= 11 is 3.40. The molecule has 0 atom stereocenters. The van der Waals surface area contributed by atoms with Gasteiger partial charge in [0.1, 0.15) is 0 Å². The molecule has 0 amide bonds. The van der Waals surface area contributed by atoms with Crippen LogP contribution in [0.1, 0.15) is 29.4 Å². The lowest BCUT2D eigenvalue weighted by molar-refractivity contribution is 0.318. The number of nitrogens with zero attached hydrogens (tertiary/aromatic N) is 3. The van der Waals surface area contributed by atoms with Crippen LogP contribution in [-0.4, -0.2) is 20.8 Å². The minimum atomic E-state index is 0.0619. The standard InChI is InChI=1S/C14H17BrN4O/c1-4-11-8(2)17-19(9(11)3)13-6-5-10(15)7-12(13)14(16)18-20/h5-7,20H,4H2,1-3H3,(H2,16,18). The third-order valence-electron chi connectivity index (χ3n) is 3.37. The second-order valence-corrected chi connectivity index (χ2v) is 5.48. The Morgan fingerprint density at radius 1 is 1.45 bits per heavy atom. The van der Waals surface area contributed by atoms with Crippen molar-refractivity contribution < 1.29 is 5.21 Å². The summed E-state index contributed by atoms with van der Waals surface area (Å²) < 4.78 is 2.70. The van der Waals surface area contributed by atoms with E-state index in [0.29, 0.717) is 5.56 Å². The molecule has 0 saturated carbocycles. The lowest BCUT2D eigenvalue weighted by Gasteiger charge is -2.11. The molecule has 106 valence electrons. The molecule has 0 bridgehead atoms. The summed E-state index contributed by atoms with van der Waals surface area (Å²) in [5.41, 5.74) is 10.5. The van der Waals surface area contributed by atoms with E-state index in [9.17, 15) is 0 Å². The van der Waals surface area contributed by atoms with Crippen molar-refractivity contribution in [3.63, 3.8) is 0 Å². The van der Waals surface area contributed by atoms with Crippen LogP contribution in [-0.2, 0) is 6.42 Å². The van der Waals surface area contributed by atoms with Crippen molar-refractivity contribution in [3.05, 3.63) is 45.2 Å². The van der Waals surface area contributed by atoms with Gasteiger partial charge in [-0.25, -0.2) is 4.68 Å². The number of aryl methyl sites for hydroxylation is 1. The largest absolute Gasteiger partial charge is 0.409 e. The molecule has 3 N–H and O–H groups in total. The van der Waals surface area contributed by atoms with Crippen LogP contribution in [0.4, 0.5) is 0 Å². The fraction of sp³-hybridized carbons (Fsp3) is 0.286. The summed E-state index contributed by atoms with van der Waals surface area (Å²) in [6, 6.07) is 5.62. The molecule has 0 aliphatic heterocycles. The Balaban J connectivity index is 2.70. The average Bonchev–Trinajstić information content (AvgIpc) is 2.72. The minimum Gasteiger partial charge on any atom is -0.409 e. The van der Waals surface area contributed by atoms with E-state index < -0.39 is 0 Å². The molecule has 1 heterocycles. The van der Waals surface area contributed by atoms with Crippen molar-refractivity contribution >= 4 is 21.8 Å². The number of halogens is 1. The van der Waals surface area contributed by atoms with Gasteiger partial charge in [0.05, 0.1) is 11.4 Å². The number of benzene rings is 1. The van der Waals surface area contributed by atoms with E-state index in [4.69, 9.17) is 10.9 Å². The van der Waals surface area contributed by atoms with E-state index >= 15 is 0 Å².